The number of halogens is 2. The largest absolute Gasteiger partial charge is 0.399 e. The van der Waals surface area contributed by atoms with Crippen LogP contribution in [0.2, 0.25) is 0 Å². The van der Waals surface area contributed by atoms with Crippen LogP contribution in [-0.4, -0.2) is 13.4 Å². The number of aromatic nitrogens is 1. The van der Waals surface area contributed by atoms with Gasteiger partial charge in [-0.15, -0.1) is 0 Å². The Balaban J connectivity index is 2.43. The lowest BCUT2D eigenvalue weighted by molar-refractivity contribution is 0.590. The van der Waals surface area contributed by atoms with Crippen LogP contribution in [0.25, 0.3) is 0 Å². The van der Waals surface area contributed by atoms with Crippen LogP contribution in [0.15, 0.2) is 35.4 Å². The number of rotatable bonds is 3. The smallest absolute Gasteiger partial charge is 0.263 e. The van der Waals surface area contributed by atoms with Gasteiger partial charge >= 0.3 is 0 Å². The summed E-state index contributed by atoms with van der Waals surface area (Å²) in [4.78, 5) is 3.28. The summed E-state index contributed by atoms with van der Waals surface area (Å²) >= 11 is 0. The van der Waals surface area contributed by atoms with E-state index in [9.17, 15) is 17.2 Å². The minimum absolute atomic E-state index is 0.0134. The van der Waals surface area contributed by atoms with Crippen LogP contribution in [-0.2, 0) is 10.0 Å². The van der Waals surface area contributed by atoms with Crippen molar-refractivity contribution in [2.45, 2.75) is 11.8 Å². The van der Waals surface area contributed by atoms with E-state index < -0.39 is 21.7 Å². The Morgan fingerprint density at radius 2 is 1.95 bits per heavy atom. The fraction of sp³-hybridized carbons (Fsp3) is 0.0833. The highest BCUT2D eigenvalue weighted by atomic mass is 32.2. The number of nitrogens with zero attached hydrogens (tertiary/aromatic N) is 1. The minimum Gasteiger partial charge on any atom is -0.399 e. The molecule has 106 valence electrons. The van der Waals surface area contributed by atoms with Crippen LogP contribution in [0.3, 0.4) is 0 Å². The Labute approximate surface area is 114 Å². The van der Waals surface area contributed by atoms with E-state index in [0.29, 0.717) is 0 Å². The average molecular weight is 299 g/mol. The summed E-state index contributed by atoms with van der Waals surface area (Å²) in [6.07, 6.45) is 0.866. The summed E-state index contributed by atoms with van der Waals surface area (Å²) in [6.45, 7) is 1.32. The number of pyridine rings is 1. The molecule has 0 bridgehead atoms. The maximum absolute atomic E-state index is 13.5. The first-order valence-corrected chi connectivity index (χ1v) is 6.98. The maximum atomic E-state index is 13.5. The molecule has 0 radical (unpaired) electrons. The first-order chi connectivity index (χ1) is 9.29. The quantitative estimate of drug-likeness (QED) is 0.849. The van der Waals surface area contributed by atoms with Crippen molar-refractivity contribution in [1.82, 2.24) is 4.98 Å². The zero-order valence-corrected chi connectivity index (χ0v) is 11.2. The van der Waals surface area contributed by atoms with Gasteiger partial charge in [0.15, 0.2) is 0 Å². The van der Waals surface area contributed by atoms with E-state index in [-0.39, 0.29) is 22.0 Å². The fourth-order valence-electron chi connectivity index (χ4n) is 1.58. The van der Waals surface area contributed by atoms with Crippen LogP contribution in [0, 0.1) is 18.6 Å². The Bertz CT molecular complexity index is 746. The van der Waals surface area contributed by atoms with Gasteiger partial charge in [-0.05, 0) is 31.2 Å². The number of sulfonamides is 1. The lowest BCUT2D eigenvalue weighted by atomic mass is 10.2. The Kier molecular flexibility index (Phi) is 3.58. The highest BCUT2D eigenvalue weighted by Crippen LogP contribution is 2.23. The molecule has 2 rings (SSSR count). The summed E-state index contributed by atoms with van der Waals surface area (Å²) in [5, 5.41) is 0. The summed E-state index contributed by atoms with van der Waals surface area (Å²) in [5.74, 6) is -1.40. The number of nitrogens with one attached hydrogen (secondary N) is 1. The van der Waals surface area contributed by atoms with Crippen LogP contribution in [0.1, 0.15) is 5.56 Å². The molecule has 1 aromatic heterocycles. The SMILES string of the molecule is Cc1c(F)cc(N)cc1S(=O)(=O)Nc1ccc(F)cn1. The van der Waals surface area contributed by atoms with Gasteiger partial charge in [0.05, 0.1) is 11.1 Å². The molecule has 1 aromatic carbocycles. The predicted molar refractivity (Wildman–Crippen MR) is 70.6 cm³/mol. The molecule has 0 spiro atoms. The molecule has 3 N–H and O–H groups in total. The van der Waals surface area contributed by atoms with Gasteiger partial charge in [-0.3, -0.25) is 4.72 Å². The number of nitrogen functional groups attached to an aromatic ring is 1. The van der Waals surface area contributed by atoms with Gasteiger partial charge in [-0.2, -0.15) is 0 Å². The number of nitrogens with two attached hydrogens (primary N) is 1. The van der Waals surface area contributed by atoms with E-state index in [1.54, 1.807) is 0 Å². The molecule has 0 saturated carbocycles. The molecular weight excluding hydrogens is 288 g/mol. The molecule has 5 nitrogen and oxygen atoms in total. The molecule has 0 fully saturated rings. The second-order valence-corrected chi connectivity index (χ2v) is 5.74. The normalized spacial score (nSPS) is 11.3. The Morgan fingerprint density at radius 1 is 1.25 bits per heavy atom. The van der Waals surface area contributed by atoms with E-state index in [2.05, 4.69) is 9.71 Å². The highest BCUT2D eigenvalue weighted by Gasteiger charge is 2.20. The summed E-state index contributed by atoms with van der Waals surface area (Å²) in [7, 11) is -4.06. The van der Waals surface area contributed by atoms with E-state index in [1.165, 1.54) is 6.92 Å². The van der Waals surface area contributed by atoms with Crippen molar-refractivity contribution in [3.63, 3.8) is 0 Å². The van der Waals surface area contributed by atoms with Crippen molar-refractivity contribution in [1.29, 1.82) is 0 Å². The molecule has 20 heavy (non-hydrogen) atoms. The average Bonchev–Trinajstić information content (AvgIpc) is 2.36. The van der Waals surface area contributed by atoms with Crippen molar-refractivity contribution in [2.24, 2.45) is 0 Å². The van der Waals surface area contributed by atoms with Crippen molar-refractivity contribution in [3.05, 3.63) is 47.7 Å². The first kappa shape index (κ1) is 14.2. The van der Waals surface area contributed by atoms with Gasteiger partial charge < -0.3 is 5.73 Å². The van der Waals surface area contributed by atoms with Crippen LogP contribution in [0.5, 0.6) is 0 Å². The molecule has 0 unspecified atom stereocenters. The van der Waals surface area contributed by atoms with Crippen molar-refractivity contribution < 1.29 is 17.2 Å². The molecule has 0 aliphatic carbocycles. The molecule has 2 aromatic rings. The number of benzene rings is 1. The lowest BCUT2D eigenvalue weighted by Crippen LogP contribution is -2.16. The zero-order chi connectivity index (χ0) is 14.9. The molecule has 8 heteroatoms. The Morgan fingerprint density at radius 3 is 2.55 bits per heavy atom. The van der Waals surface area contributed by atoms with Crippen molar-refractivity contribution in [2.75, 3.05) is 10.5 Å². The van der Waals surface area contributed by atoms with Crippen molar-refractivity contribution in [3.8, 4) is 0 Å². The van der Waals surface area contributed by atoms with E-state index in [4.69, 9.17) is 5.73 Å². The molecule has 1 heterocycles. The maximum Gasteiger partial charge on any atom is 0.263 e. The van der Waals surface area contributed by atoms with Gasteiger partial charge in [0, 0.05) is 11.3 Å². The van der Waals surface area contributed by atoms with Crippen molar-refractivity contribution >= 4 is 21.5 Å². The molecule has 0 aliphatic rings. The molecular formula is C12H11F2N3O2S. The molecule has 0 aliphatic heterocycles. The highest BCUT2D eigenvalue weighted by molar-refractivity contribution is 7.92. The number of hydrogen-bond donors (Lipinski definition) is 2. The predicted octanol–water partition coefficient (Wildman–Crippen LogP) is 2.05. The molecule has 0 saturated heterocycles. The zero-order valence-electron chi connectivity index (χ0n) is 10.4. The Hall–Kier alpha value is -2.22. The monoisotopic (exact) mass is 299 g/mol. The van der Waals surface area contributed by atoms with E-state index in [0.717, 1.165) is 30.5 Å². The van der Waals surface area contributed by atoms with Crippen LogP contribution >= 0.6 is 0 Å². The molecule has 0 amide bonds. The number of anilines is 2. The first-order valence-electron chi connectivity index (χ1n) is 5.49. The van der Waals surface area contributed by atoms with E-state index in [1.807, 2.05) is 0 Å². The number of hydrogen-bond acceptors (Lipinski definition) is 4. The van der Waals surface area contributed by atoms with E-state index >= 15 is 0 Å². The summed E-state index contributed by atoms with van der Waals surface area (Å²) in [6, 6.07) is 4.39. The van der Waals surface area contributed by atoms with Gasteiger partial charge in [0.1, 0.15) is 17.5 Å². The fourth-order valence-corrected chi connectivity index (χ4v) is 2.88. The summed E-state index contributed by atoms with van der Waals surface area (Å²) in [5.41, 5.74) is 5.37. The topological polar surface area (TPSA) is 85.1 Å². The second kappa shape index (κ2) is 5.04. The third-order valence-electron chi connectivity index (χ3n) is 2.57. The minimum atomic E-state index is -4.06. The standard InChI is InChI=1S/C12H11F2N3O2S/c1-7-10(14)4-9(15)5-11(7)20(18,19)17-12-3-2-8(13)6-16-12/h2-6H,15H2,1H3,(H,16,17). The van der Waals surface area contributed by atoms with Crippen LogP contribution < -0.4 is 10.5 Å². The summed E-state index contributed by atoms with van der Waals surface area (Å²) < 4.78 is 52.6. The van der Waals surface area contributed by atoms with Gasteiger partial charge in [0.25, 0.3) is 10.0 Å². The van der Waals surface area contributed by atoms with Crippen LogP contribution in [0.4, 0.5) is 20.3 Å². The van der Waals surface area contributed by atoms with Gasteiger partial charge in [0.2, 0.25) is 0 Å². The lowest BCUT2D eigenvalue weighted by Gasteiger charge is -2.11. The third-order valence-corrected chi connectivity index (χ3v) is 4.06. The third kappa shape index (κ3) is 2.85. The van der Waals surface area contributed by atoms with Gasteiger partial charge in [-0.25, -0.2) is 22.2 Å². The second-order valence-electron chi connectivity index (χ2n) is 4.09. The molecule has 0 atom stereocenters. The van der Waals surface area contributed by atoms with Gasteiger partial charge in [-0.1, -0.05) is 0 Å².